The van der Waals surface area contributed by atoms with Crippen LogP contribution in [0.2, 0.25) is 0 Å². The van der Waals surface area contributed by atoms with Gasteiger partial charge in [0.2, 0.25) is 0 Å². The molecule has 0 spiro atoms. The highest BCUT2D eigenvalue weighted by Crippen LogP contribution is 2.16. The molecule has 19 heavy (non-hydrogen) atoms. The first kappa shape index (κ1) is 13.1. The van der Waals surface area contributed by atoms with E-state index in [1.54, 1.807) is 17.2 Å². The summed E-state index contributed by atoms with van der Waals surface area (Å²) in [4.78, 5) is 17.2. The lowest BCUT2D eigenvalue weighted by molar-refractivity contribution is 0.113. The lowest BCUT2D eigenvalue weighted by Crippen LogP contribution is -2.45. The molecule has 2 heterocycles. The van der Waals surface area contributed by atoms with Gasteiger partial charge >= 0.3 is 6.09 Å². The van der Waals surface area contributed by atoms with Gasteiger partial charge in [0.1, 0.15) is 11.8 Å². The Morgan fingerprint density at radius 3 is 3.11 bits per heavy atom. The second-order valence-electron chi connectivity index (χ2n) is 4.44. The number of ether oxygens (including phenoxy) is 1. The number of aromatic nitrogens is 1. The van der Waals surface area contributed by atoms with Crippen molar-refractivity contribution in [3.05, 3.63) is 24.0 Å². The number of carbonyl (C=O) groups is 1. The van der Waals surface area contributed by atoms with Crippen LogP contribution in [0.25, 0.3) is 0 Å². The van der Waals surface area contributed by atoms with Gasteiger partial charge in [-0.15, -0.1) is 0 Å². The second-order valence-corrected chi connectivity index (χ2v) is 4.44. The minimum absolute atomic E-state index is 0.183. The van der Waals surface area contributed by atoms with Crippen molar-refractivity contribution >= 4 is 11.8 Å². The molecule has 0 bridgehead atoms. The van der Waals surface area contributed by atoms with E-state index in [9.17, 15) is 4.79 Å². The van der Waals surface area contributed by atoms with Crippen molar-refractivity contribution in [2.75, 3.05) is 25.5 Å². The van der Waals surface area contributed by atoms with Crippen LogP contribution in [0.5, 0.6) is 0 Å². The van der Waals surface area contributed by atoms with E-state index in [0.717, 1.165) is 25.1 Å². The van der Waals surface area contributed by atoms with Crippen LogP contribution in [0.1, 0.15) is 18.5 Å². The summed E-state index contributed by atoms with van der Waals surface area (Å²) in [7, 11) is 1.39. The smallest absolute Gasteiger partial charge is 0.409 e. The quantitative estimate of drug-likeness (QED) is 0.873. The van der Waals surface area contributed by atoms with Gasteiger partial charge in [-0.05, 0) is 25.0 Å². The molecule has 0 radical (unpaired) electrons. The highest BCUT2D eigenvalue weighted by atomic mass is 16.5. The first-order chi connectivity index (χ1) is 9.22. The number of carbonyl (C=O) groups excluding carboxylic acids is 1. The summed E-state index contributed by atoms with van der Waals surface area (Å²) in [6, 6.07) is 5.65. The topological polar surface area (TPSA) is 78.2 Å². The van der Waals surface area contributed by atoms with Crippen LogP contribution in [-0.4, -0.2) is 42.2 Å². The van der Waals surface area contributed by atoms with E-state index in [4.69, 9.17) is 10.00 Å². The van der Waals surface area contributed by atoms with E-state index in [2.05, 4.69) is 10.3 Å². The average molecular weight is 260 g/mol. The standard InChI is InChI=1S/C13H16N4O2/c1-19-13(18)17-6-2-3-12(9-17)16-11-5-4-10(7-14)15-8-11/h4-5,8,12,16H,2-3,6,9H2,1H3. The van der Waals surface area contributed by atoms with Crippen LogP contribution < -0.4 is 5.32 Å². The summed E-state index contributed by atoms with van der Waals surface area (Å²) in [5.41, 5.74) is 1.25. The van der Waals surface area contributed by atoms with Crippen molar-refractivity contribution in [2.24, 2.45) is 0 Å². The Kier molecular flexibility index (Phi) is 4.18. The maximum absolute atomic E-state index is 11.5. The van der Waals surface area contributed by atoms with Gasteiger partial charge in [-0.3, -0.25) is 0 Å². The molecule has 6 nitrogen and oxygen atoms in total. The summed E-state index contributed by atoms with van der Waals surface area (Å²) in [5, 5.41) is 12.0. The van der Waals surface area contributed by atoms with Gasteiger partial charge in [-0.25, -0.2) is 9.78 Å². The second kappa shape index (κ2) is 6.05. The van der Waals surface area contributed by atoms with Crippen molar-refractivity contribution in [3.8, 4) is 6.07 Å². The molecule has 1 amide bonds. The molecule has 1 N–H and O–H groups in total. The fourth-order valence-corrected chi connectivity index (χ4v) is 2.17. The van der Waals surface area contributed by atoms with E-state index >= 15 is 0 Å². The summed E-state index contributed by atoms with van der Waals surface area (Å²) in [6.45, 7) is 1.35. The zero-order valence-corrected chi connectivity index (χ0v) is 10.8. The number of piperidine rings is 1. The zero-order chi connectivity index (χ0) is 13.7. The van der Waals surface area contributed by atoms with E-state index in [0.29, 0.717) is 12.2 Å². The highest BCUT2D eigenvalue weighted by Gasteiger charge is 2.23. The Morgan fingerprint density at radius 1 is 1.63 bits per heavy atom. The van der Waals surface area contributed by atoms with Crippen molar-refractivity contribution in [3.63, 3.8) is 0 Å². The van der Waals surface area contributed by atoms with Crippen molar-refractivity contribution in [1.29, 1.82) is 5.26 Å². The van der Waals surface area contributed by atoms with Gasteiger partial charge in [-0.1, -0.05) is 0 Å². The third-order valence-corrected chi connectivity index (χ3v) is 3.10. The Labute approximate surface area is 112 Å². The highest BCUT2D eigenvalue weighted by molar-refractivity contribution is 5.67. The van der Waals surface area contributed by atoms with E-state index in [1.807, 2.05) is 12.1 Å². The average Bonchev–Trinajstić information content (AvgIpc) is 2.47. The molecule has 1 fully saturated rings. The van der Waals surface area contributed by atoms with E-state index in [-0.39, 0.29) is 12.1 Å². The van der Waals surface area contributed by atoms with Crippen LogP contribution >= 0.6 is 0 Å². The van der Waals surface area contributed by atoms with Crippen LogP contribution in [-0.2, 0) is 4.74 Å². The van der Waals surface area contributed by atoms with E-state index in [1.165, 1.54) is 7.11 Å². The summed E-state index contributed by atoms with van der Waals surface area (Å²) < 4.78 is 4.73. The molecule has 1 unspecified atom stereocenters. The predicted octanol–water partition coefficient (Wildman–Crippen LogP) is 1.60. The number of amides is 1. The number of rotatable bonds is 2. The third-order valence-electron chi connectivity index (χ3n) is 3.10. The lowest BCUT2D eigenvalue weighted by atomic mass is 10.1. The first-order valence-electron chi connectivity index (χ1n) is 6.18. The monoisotopic (exact) mass is 260 g/mol. The minimum atomic E-state index is -0.288. The molecule has 6 heteroatoms. The maximum Gasteiger partial charge on any atom is 0.409 e. The fraction of sp³-hybridized carbons (Fsp3) is 0.462. The van der Waals surface area contributed by atoms with Crippen molar-refractivity contribution in [1.82, 2.24) is 9.88 Å². The zero-order valence-electron chi connectivity index (χ0n) is 10.8. The number of pyridine rings is 1. The molecular formula is C13H16N4O2. The molecule has 0 saturated carbocycles. The Hall–Kier alpha value is -2.29. The Bertz CT molecular complexity index is 480. The number of hydrogen-bond acceptors (Lipinski definition) is 5. The van der Waals surface area contributed by atoms with Gasteiger partial charge in [0, 0.05) is 19.1 Å². The molecule has 1 aliphatic heterocycles. The molecule has 1 aromatic rings. The minimum Gasteiger partial charge on any atom is -0.453 e. The SMILES string of the molecule is COC(=O)N1CCCC(Nc2ccc(C#N)nc2)C1. The van der Waals surface area contributed by atoms with E-state index < -0.39 is 0 Å². The number of nitrogens with one attached hydrogen (secondary N) is 1. The van der Waals surface area contributed by atoms with Gasteiger partial charge in [0.25, 0.3) is 0 Å². The number of methoxy groups -OCH3 is 1. The molecule has 1 aliphatic rings. The number of nitriles is 1. The summed E-state index contributed by atoms with van der Waals surface area (Å²) in [6.07, 6.45) is 3.28. The number of nitrogens with zero attached hydrogens (tertiary/aromatic N) is 3. The van der Waals surface area contributed by atoms with Gasteiger partial charge in [-0.2, -0.15) is 5.26 Å². The summed E-state index contributed by atoms with van der Waals surface area (Å²) in [5.74, 6) is 0. The van der Waals surface area contributed by atoms with Crippen LogP contribution in [0.4, 0.5) is 10.5 Å². The van der Waals surface area contributed by atoms with Crippen molar-refractivity contribution < 1.29 is 9.53 Å². The largest absolute Gasteiger partial charge is 0.453 e. The first-order valence-corrected chi connectivity index (χ1v) is 6.18. The van der Waals surface area contributed by atoms with Crippen LogP contribution in [0.3, 0.4) is 0 Å². The molecule has 1 saturated heterocycles. The molecule has 0 aromatic carbocycles. The van der Waals surface area contributed by atoms with Gasteiger partial charge in [0.05, 0.1) is 19.0 Å². The Morgan fingerprint density at radius 2 is 2.47 bits per heavy atom. The number of anilines is 1. The molecule has 1 aromatic heterocycles. The lowest BCUT2D eigenvalue weighted by Gasteiger charge is -2.32. The Balaban J connectivity index is 1.94. The third kappa shape index (κ3) is 3.35. The molecule has 100 valence electrons. The van der Waals surface area contributed by atoms with Crippen LogP contribution in [0.15, 0.2) is 18.3 Å². The predicted molar refractivity (Wildman–Crippen MR) is 69.6 cm³/mol. The molecular weight excluding hydrogens is 244 g/mol. The fourth-order valence-electron chi connectivity index (χ4n) is 2.17. The summed E-state index contributed by atoms with van der Waals surface area (Å²) >= 11 is 0. The van der Waals surface area contributed by atoms with Crippen LogP contribution in [0, 0.1) is 11.3 Å². The molecule has 2 rings (SSSR count). The van der Waals surface area contributed by atoms with Gasteiger partial charge < -0.3 is 15.0 Å². The van der Waals surface area contributed by atoms with Crippen molar-refractivity contribution in [2.45, 2.75) is 18.9 Å². The molecule has 0 aliphatic carbocycles. The number of likely N-dealkylation sites (tertiary alicyclic amines) is 1. The molecule has 1 atom stereocenters. The maximum atomic E-state index is 11.5. The normalized spacial score (nSPS) is 18.5. The van der Waals surface area contributed by atoms with Gasteiger partial charge in [0.15, 0.2) is 0 Å². The number of hydrogen-bond donors (Lipinski definition) is 1.